The molecule has 0 saturated carbocycles. The fourth-order valence-corrected chi connectivity index (χ4v) is 2.61. The fraction of sp³-hybridized carbons (Fsp3) is 0.786. The lowest BCUT2D eigenvalue weighted by Crippen LogP contribution is -2.53. The van der Waals surface area contributed by atoms with Crippen LogP contribution in [0.3, 0.4) is 0 Å². The van der Waals surface area contributed by atoms with Crippen molar-refractivity contribution >= 4 is 0 Å². The first kappa shape index (κ1) is 15.2. The Hall–Kier alpha value is -0.870. The van der Waals surface area contributed by atoms with Crippen molar-refractivity contribution in [3.05, 3.63) is 18.0 Å². The molecule has 1 rings (SSSR count). The zero-order valence-corrected chi connectivity index (χ0v) is 12.3. The Morgan fingerprint density at radius 2 is 2.00 bits per heavy atom. The number of aryl methyl sites for hydroxylation is 1. The molecule has 0 fully saturated rings. The number of rotatable bonds is 8. The van der Waals surface area contributed by atoms with Gasteiger partial charge in [-0.3, -0.25) is 9.58 Å². The van der Waals surface area contributed by atoms with Gasteiger partial charge in [0.05, 0.1) is 5.69 Å². The summed E-state index contributed by atoms with van der Waals surface area (Å²) in [6.45, 7) is 9.38. The molecular formula is C14H28N4. The zero-order chi connectivity index (χ0) is 13.6. The number of aromatic nitrogens is 2. The van der Waals surface area contributed by atoms with Crippen molar-refractivity contribution < 1.29 is 0 Å². The summed E-state index contributed by atoms with van der Waals surface area (Å²) in [4.78, 5) is 2.51. The van der Waals surface area contributed by atoms with Crippen molar-refractivity contribution in [2.24, 2.45) is 12.8 Å². The van der Waals surface area contributed by atoms with Crippen molar-refractivity contribution in [3.8, 4) is 0 Å². The molecule has 0 aliphatic heterocycles. The molecular weight excluding hydrogens is 224 g/mol. The molecule has 0 amide bonds. The van der Waals surface area contributed by atoms with Gasteiger partial charge in [-0.15, -0.1) is 0 Å². The third kappa shape index (κ3) is 3.33. The quantitative estimate of drug-likeness (QED) is 0.771. The number of nitrogens with two attached hydrogens (primary N) is 1. The average molecular weight is 252 g/mol. The molecule has 104 valence electrons. The van der Waals surface area contributed by atoms with Gasteiger partial charge in [0.1, 0.15) is 0 Å². The van der Waals surface area contributed by atoms with Crippen molar-refractivity contribution in [2.45, 2.75) is 52.1 Å². The van der Waals surface area contributed by atoms with E-state index in [1.165, 1.54) is 0 Å². The van der Waals surface area contributed by atoms with Gasteiger partial charge >= 0.3 is 0 Å². The standard InChI is InChI=1S/C14H28N4/c1-5-9-18(14(6-2,7-3)12-15)11-13-8-10-17(4)16-13/h8,10H,5-7,9,11-12,15H2,1-4H3. The van der Waals surface area contributed by atoms with Crippen LogP contribution in [-0.2, 0) is 13.6 Å². The summed E-state index contributed by atoms with van der Waals surface area (Å²) in [5.41, 5.74) is 7.30. The molecule has 1 aromatic heterocycles. The highest BCUT2D eigenvalue weighted by molar-refractivity contribution is 5.01. The van der Waals surface area contributed by atoms with E-state index in [0.717, 1.165) is 38.0 Å². The highest BCUT2D eigenvalue weighted by atomic mass is 15.3. The van der Waals surface area contributed by atoms with Crippen LogP contribution in [0.4, 0.5) is 0 Å². The summed E-state index contributed by atoms with van der Waals surface area (Å²) < 4.78 is 1.86. The zero-order valence-electron chi connectivity index (χ0n) is 12.3. The molecule has 0 radical (unpaired) electrons. The van der Waals surface area contributed by atoms with Crippen LogP contribution >= 0.6 is 0 Å². The Bertz CT molecular complexity index is 333. The van der Waals surface area contributed by atoms with Gasteiger partial charge < -0.3 is 5.73 Å². The smallest absolute Gasteiger partial charge is 0.0764 e. The van der Waals surface area contributed by atoms with Crippen molar-refractivity contribution in [1.29, 1.82) is 0 Å². The van der Waals surface area contributed by atoms with Crippen LogP contribution in [0.1, 0.15) is 45.7 Å². The third-order valence-corrected chi connectivity index (χ3v) is 3.98. The Labute approximate surface area is 111 Å². The van der Waals surface area contributed by atoms with Gasteiger partial charge in [-0.1, -0.05) is 20.8 Å². The Morgan fingerprint density at radius 1 is 1.33 bits per heavy atom. The minimum Gasteiger partial charge on any atom is -0.329 e. The third-order valence-electron chi connectivity index (χ3n) is 3.98. The molecule has 0 atom stereocenters. The van der Waals surface area contributed by atoms with Gasteiger partial charge in [0, 0.05) is 31.9 Å². The molecule has 4 nitrogen and oxygen atoms in total. The van der Waals surface area contributed by atoms with Gasteiger partial charge in [0.25, 0.3) is 0 Å². The monoisotopic (exact) mass is 252 g/mol. The molecule has 0 saturated heterocycles. The van der Waals surface area contributed by atoms with Gasteiger partial charge in [-0.25, -0.2) is 0 Å². The molecule has 0 bridgehead atoms. The SMILES string of the molecule is CCCN(Cc1ccn(C)n1)C(CC)(CC)CN. The van der Waals surface area contributed by atoms with E-state index in [0.29, 0.717) is 6.54 Å². The van der Waals surface area contributed by atoms with Crippen LogP contribution < -0.4 is 5.73 Å². The second-order valence-corrected chi connectivity index (χ2v) is 5.04. The number of nitrogens with zero attached hydrogens (tertiary/aromatic N) is 3. The predicted octanol–water partition coefficient (Wildman–Crippen LogP) is 2.15. The molecule has 0 unspecified atom stereocenters. The lowest BCUT2D eigenvalue weighted by atomic mass is 9.90. The van der Waals surface area contributed by atoms with Crippen LogP contribution in [-0.4, -0.2) is 33.3 Å². The van der Waals surface area contributed by atoms with Crippen LogP contribution in [0.15, 0.2) is 12.3 Å². The molecule has 1 aromatic rings. The van der Waals surface area contributed by atoms with Crippen LogP contribution in [0.25, 0.3) is 0 Å². The first-order valence-electron chi connectivity index (χ1n) is 7.05. The van der Waals surface area contributed by atoms with Crippen LogP contribution in [0.2, 0.25) is 0 Å². The second kappa shape index (κ2) is 6.90. The maximum atomic E-state index is 6.05. The van der Waals surface area contributed by atoms with Gasteiger partial charge in [-0.2, -0.15) is 5.10 Å². The van der Waals surface area contributed by atoms with E-state index in [-0.39, 0.29) is 5.54 Å². The molecule has 4 heteroatoms. The highest BCUT2D eigenvalue weighted by Crippen LogP contribution is 2.25. The first-order chi connectivity index (χ1) is 8.61. The summed E-state index contributed by atoms with van der Waals surface area (Å²) >= 11 is 0. The van der Waals surface area contributed by atoms with Gasteiger partial charge in [0.15, 0.2) is 0 Å². The lowest BCUT2D eigenvalue weighted by molar-refractivity contribution is 0.0751. The van der Waals surface area contributed by atoms with Crippen molar-refractivity contribution in [2.75, 3.05) is 13.1 Å². The topological polar surface area (TPSA) is 47.1 Å². The number of hydrogen-bond donors (Lipinski definition) is 1. The fourth-order valence-electron chi connectivity index (χ4n) is 2.61. The van der Waals surface area contributed by atoms with Crippen molar-refractivity contribution in [3.63, 3.8) is 0 Å². The normalized spacial score (nSPS) is 12.3. The average Bonchev–Trinajstić information content (AvgIpc) is 2.78. The van der Waals surface area contributed by atoms with E-state index >= 15 is 0 Å². The van der Waals surface area contributed by atoms with E-state index in [9.17, 15) is 0 Å². The summed E-state index contributed by atoms with van der Waals surface area (Å²) in [6.07, 6.45) is 5.33. The minimum atomic E-state index is 0.119. The summed E-state index contributed by atoms with van der Waals surface area (Å²) in [7, 11) is 1.96. The van der Waals surface area contributed by atoms with Crippen LogP contribution in [0, 0.1) is 0 Å². The minimum absolute atomic E-state index is 0.119. The van der Waals surface area contributed by atoms with E-state index in [1.54, 1.807) is 0 Å². The van der Waals surface area contributed by atoms with Crippen LogP contribution in [0.5, 0.6) is 0 Å². The molecule has 0 spiro atoms. The maximum Gasteiger partial charge on any atom is 0.0764 e. The Balaban J connectivity index is 2.86. The molecule has 2 N–H and O–H groups in total. The second-order valence-electron chi connectivity index (χ2n) is 5.04. The molecule has 1 heterocycles. The highest BCUT2D eigenvalue weighted by Gasteiger charge is 2.31. The Morgan fingerprint density at radius 3 is 2.39 bits per heavy atom. The molecule has 18 heavy (non-hydrogen) atoms. The maximum absolute atomic E-state index is 6.05. The predicted molar refractivity (Wildman–Crippen MR) is 76.3 cm³/mol. The lowest BCUT2D eigenvalue weighted by Gasteiger charge is -2.42. The largest absolute Gasteiger partial charge is 0.329 e. The molecule has 0 aromatic carbocycles. The van der Waals surface area contributed by atoms with E-state index in [1.807, 2.05) is 17.9 Å². The van der Waals surface area contributed by atoms with E-state index < -0.39 is 0 Å². The first-order valence-corrected chi connectivity index (χ1v) is 7.05. The van der Waals surface area contributed by atoms with E-state index in [2.05, 4.69) is 36.8 Å². The summed E-state index contributed by atoms with van der Waals surface area (Å²) in [6, 6.07) is 2.09. The summed E-state index contributed by atoms with van der Waals surface area (Å²) in [5, 5.41) is 4.48. The molecule has 0 aliphatic rings. The van der Waals surface area contributed by atoms with Crippen molar-refractivity contribution in [1.82, 2.24) is 14.7 Å². The van der Waals surface area contributed by atoms with Gasteiger partial charge in [-0.05, 0) is 31.9 Å². The number of hydrogen-bond acceptors (Lipinski definition) is 3. The Kier molecular flexibility index (Phi) is 5.82. The summed E-state index contributed by atoms with van der Waals surface area (Å²) in [5.74, 6) is 0. The molecule has 0 aliphatic carbocycles. The van der Waals surface area contributed by atoms with E-state index in [4.69, 9.17) is 5.73 Å². The van der Waals surface area contributed by atoms with Gasteiger partial charge in [0.2, 0.25) is 0 Å².